The van der Waals surface area contributed by atoms with Gasteiger partial charge < -0.3 is 14.5 Å². The molecule has 0 radical (unpaired) electrons. The Morgan fingerprint density at radius 1 is 1.35 bits per heavy atom. The molecule has 1 unspecified atom stereocenters. The average molecular weight is 320 g/mol. The molecule has 126 valence electrons. The van der Waals surface area contributed by atoms with Gasteiger partial charge in [0.2, 0.25) is 0 Å². The number of likely N-dealkylation sites (tertiary alicyclic amines) is 1. The summed E-state index contributed by atoms with van der Waals surface area (Å²) in [4.78, 5) is 16.8. The minimum absolute atomic E-state index is 0.0906. The Bertz CT molecular complexity index is 538. The van der Waals surface area contributed by atoms with E-state index in [-0.39, 0.29) is 17.8 Å². The van der Waals surface area contributed by atoms with Crippen LogP contribution < -0.4 is 0 Å². The van der Waals surface area contributed by atoms with E-state index in [9.17, 15) is 9.18 Å². The number of rotatable bonds is 4. The number of hydrogen-bond donors (Lipinski definition) is 0. The van der Waals surface area contributed by atoms with E-state index in [2.05, 4.69) is 4.90 Å². The molecule has 2 aliphatic rings. The molecule has 0 aromatic heterocycles. The first-order valence-corrected chi connectivity index (χ1v) is 8.46. The number of carbonyl (C=O) groups is 1. The minimum Gasteiger partial charge on any atom is -0.381 e. The van der Waals surface area contributed by atoms with Crippen LogP contribution in [0.1, 0.15) is 29.6 Å². The number of piperidine rings is 1. The molecule has 2 saturated heterocycles. The smallest absolute Gasteiger partial charge is 0.253 e. The second-order valence-corrected chi connectivity index (χ2v) is 6.69. The van der Waals surface area contributed by atoms with Gasteiger partial charge in [0.25, 0.3) is 5.91 Å². The van der Waals surface area contributed by atoms with Gasteiger partial charge in [-0.15, -0.1) is 0 Å². The van der Waals surface area contributed by atoms with Crippen LogP contribution in [0.3, 0.4) is 0 Å². The molecule has 2 heterocycles. The normalized spacial score (nSPS) is 23.1. The first-order valence-electron chi connectivity index (χ1n) is 8.46. The van der Waals surface area contributed by atoms with E-state index in [1.54, 1.807) is 17.0 Å². The maximum absolute atomic E-state index is 13.3. The molecule has 23 heavy (non-hydrogen) atoms. The second-order valence-electron chi connectivity index (χ2n) is 6.69. The van der Waals surface area contributed by atoms with Crippen LogP contribution in [0.15, 0.2) is 24.3 Å². The Balaban J connectivity index is 1.51. The van der Waals surface area contributed by atoms with Crippen LogP contribution in [-0.2, 0) is 4.74 Å². The van der Waals surface area contributed by atoms with Gasteiger partial charge in [-0.2, -0.15) is 0 Å². The van der Waals surface area contributed by atoms with Gasteiger partial charge in [-0.3, -0.25) is 4.79 Å². The first-order chi connectivity index (χ1) is 11.1. The Morgan fingerprint density at radius 3 is 2.78 bits per heavy atom. The fourth-order valence-electron chi connectivity index (χ4n) is 3.57. The third-order valence-electron chi connectivity index (χ3n) is 5.04. The summed E-state index contributed by atoms with van der Waals surface area (Å²) in [5, 5.41) is 0. The highest BCUT2D eigenvalue weighted by atomic mass is 19.1. The molecule has 4 nitrogen and oxygen atoms in total. The van der Waals surface area contributed by atoms with Gasteiger partial charge in [0.05, 0.1) is 6.61 Å². The van der Waals surface area contributed by atoms with Gasteiger partial charge in [0.1, 0.15) is 5.82 Å². The van der Waals surface area contributed by atoms with E-state index in [0.717, 1.165) is 52.1 Å². The van der Waals surface area contributed by atoms with Gasteiger partial charge in [0.15, 0.2) is 0 Å². The van der Waals surface area contributed by atoms with Crippen molar-refractivity contribution in [2.75, 3.05) is 39.9 Å². The largest absolute Gasteiger partial charge is 0.381 e. The summed E-state index contributed by atoms with van der Waals surface area (Å²) in [6.45, 7) is 4.92. The number of ether oxygens (including phenoxy) is 1. The van der Waals surface area contributed by atoms with Crippen LogP contribution >= 0.6 is 0 Å². The van der Waals surface area contributed by atoms with Crippen LogP contribution in [0, 0.1) is 11.7 Å². The zero-order chi connectivity index (χ0) is 16.2. The van der Waals surface area contributed by atoms with Crippen molar-refractivity contribution < 1.29 is 13.9 Å². The number of carbonyl (C=O) groups excluding carboxylic acids is 1. The molecule has 1 aromatic rings. The lowest BCUT2D eigenvalue weighted by molar-refractivity contribution is 0.0625. The van der Waals surface area contributed by atoms with Crippen molar-refractivity contribution in [2.24, 2.45) is 5.92 Å². The summed E-state index contributed by atoms with van der Waals surface area (Å²) in [6, 6.07) is 6.18. The van der Waals surface area contributed by atoms with E-state index in [0.29, 0.717) is 11.5 Å². The summed E-state index contributed by atoms with van der Waals surface area (Å²) < 4.78 is 18.7. The van der Waals surface area contributed by atoms with Crippen LogP contribution in [0.2, 0.25) is 0 Å². The molecular weight excluding hydrogens is 295 g/mol. The number of benzene rings is 1. The molecular formula is C18H25FN2O2. The van der Waals surface area contributed by atoms with Crippen molar-refractivity contribution in [3.05, 3.63) is 35.6 Å². The third-order valence-corrected chi connectivity index (χ3v) is 5.04. The first kappa shape index (κ1) is 16.4. The zero-order valence-electron chi connectivity index (χ0n) is 13.7. The molecule has 1 aromatic carbocycles. The van der Waals surface area contributed by atoms with Gasteiger partial charge in [0, 0.05) is 44.9 Å². The second kappa shape index (κ2) is 7.41. The van der Waals surface area contributed by atoms with Crippen LogP contribution in [0.4, 0.5) is 4.39 Å². The predicted molar refractivity (Wildman–Crippen MR) is 86.9 cm³/mol. The van der Waals surface area contributed by atoms with E-state index < -0.39 is 0 Å². The minimum atomic E-state index is -0.363. The third kappa shape index (κ3) is 4.09. The zero-order valence-corrected chi connectivity index (χ0v) is 13.7. The van der Waals surface area contributed by atoms with Gasteiger partial charge in [-0.05, 0) is 43.4 Å². The molecule has 1 atom stereocenters. The summed E-state index contributed by atoms with van der Waals surface area (Å²) >= 11 is 0. The molecule has 0 saturated carbocycles. The van der Waals surface area contributed by atoms with Crippen LogP contribution in [-0.4, -0.2) is 61.6 Å². The monoisotopic (exact) mass is 320 g/mol. The number of amides is 1. The maximum atomic E-state index is 13.3. The summed E-state index contributed by atoms with van der Waals surface area (Å²) in [6.07, 6.45) is 3.12. The molecule has 2 fully saturated rings. The topological polar surface area (TPSA) is 32.8 Å². The average Bonchev–Trinajstić information content (AvgIpc) is 3.07. The van der Waals surface area contributed by atoms with Crippen molar-refractivity contribution in [1.29, 1.82) is 0 Å². The molecule has 3 rings (SSSR count). The summed E-state index contributed by atoms with van der Waals surface area (Å²) in [7, 11) is 1.83. The van der Waals surface area contributed by atoms with Crippen molar-refractivity contribution in [3.8, 4) is 0 Å². The van der Waals surface area contributed by atoms with Crippen LogP contribution in [0.25, 0.3) is 0 Å². The van der Waals surface area contributed by atoms with E-state index in [4.69, 9.17) is 4.74 Å². The Morgan fingerprint density at radius 2 is 2.13 bits per heavy atom. The number of nitrogens with zero attached hydrogens (tertiary/aromatic N) is 2. The fraction of sp³-hybridized carbons (Fsp3) is 0.611. The highest BCUT2D eigenvalue weighted by Gasteiger charge is 2.28. The quantitative estimate of drug-likeness (QED) is 0.854. The molecule has 0 spiro atoms. The lowest BCUT2D eigenvalue weighted by Gasteiger charge is -2.37. The molecule has 0 N–H and O–H groups in total. The summed E-state index contributed by atoms with van der Waals surface area (Å²) in [5.74, 6) is 0.211. The lowest BCUT2D eigenvalue weighted by Crippen LogP contribution is -2.46. The van der Waals surface area contributed by atoms with Crippen molar-refractivity contribution in [1.82, 2.24) is 9.80 Å². The molecule has 2 aliphatic heterocycles. The van der Waals surface area contributed by atoms with Gasteiger partial charge in [-0.25, -0.2) is 4.39 Å². The highest BCUT2D eigenvalue weighted by molar-refractivity contribution is 5.94. The summed E-state index contributed by atoms with van der Waals surface area (Å²) in [5.41, 5.74) is 0.429. The van der Waals surface area contributed by atoms with Crippen molar-refractivity contribution in [3.63, 3.8) is 0 Å². The van der Waals surface area contributed by atoms with Gasteiger partial charge >= 0.3 is 0 Å². The Hall–Kier alpha value is -1.46. The Kier molecular flexibility index (Phi) is 5.28. The molecule has 1 amide bonds. The predicted octanol–water partition coefficient (Wildman–Crippen LogP) is 2.40. The van der Waals surface area contributed by atoms with Crippen molar-refractivity contribution >= 4 is 5.91 Å². The SMILES string of the molecule is CN(C(=O)c1cccc(F)c1)C1CCN(CC2CCOC2)CC1. The fourth-order valence-corrected chi connectivity index (χ4v) is 3.57. The number of halogens is 1. The lowest BCUT2D eigenvalue weighted by atomic mass is 10.0. The van der Waals surface area contributed by atoms with Crippen molar-refractivity contribution in [2.45, 2.75) is 25.3 Å². The Labute approximate surface area is 137 Å². The van der Waals surface area contributed by atoms with E-state index in [1.807, 2.05) is 7.05 Å². The molecule has 5 heteroatoms. The number of hydrogen-bond acceptors (Lipinski definition) is 3. The van der Waals surface area contributed by atoms with Crippen LogP contribution in [0.5, 0.6) is 0 Å². The highest BCUT2D eigenvalue weighted by Crippen LogP contribution is 2.21. The van der Waals surface area contributed by atoms with E-state index in [1.165, 1.54) is 12.1 Å². The molecule has 0 aliphatic carbocycles. The van der Waals surface area contributed by atoms with Gasteiger partial charge in [-0.1, -0.05) is 6.07 Å². The molecule has 0 bridgehead atoms. The van der Waals surface area contributed by atoms with E-state index >= 15 is 0 Å². The standard InChI is InChI=1S/C18H25FN2O2/c1-20(18(22)15-3-2-4-16(19)11-15)17-5-8-21(9-6-17)12-14-7-10-23-13-14/h2-4,11,14,17H,5-10,12-13H2,1H3. The maximum Gasteiger partial charge on any atom is 0.253 e.